The summed E-state index contributed by atoms with van der Waals surface area (Å²) in [6, 6.07) is 10.8. The molecule has 0 radical (unpaired) electrons. The summed E-state index contributed by atoms with van der Waals surface area (Å²) in [7, 11) is 2.08. The van der Waals surface area contributed by atoms with E-state index >= 15 is 0 Å². The molecule has 1 aromatic carbocycles. The number of carbonyl (C=O) groups excluding carboxylic acids is 2. The first-order chi connectivity index (χ1) is 17.0. The summed E-state index contributed by atoms with van der Waals surface area (Å²) in [5.41, 5.74) is 1.47. The highest BCUT2D eigenvalue weighted by molar-refractivity contribution is 14.0. The summed E-state index contributed by atoms with van der Waals surface area (Å²) < 4.78 is 9.97. The van der Waals surface area contributed by atoms with E-state index in [2.05, 4.69) is 47.6 Å². The van der Waals surface area contributed by atoms with E-state index in [0.29, 0.717) is 6.54 Å². The molecule has 0 unspecified atom stereocenters. The summed E-state index contributed by atoms with van der Waals surface area (Å²) in [6.45, 7) is 6.10. The Hall–Kier alpha value is -1.35. The third-order valence-electron chi connectivity index (χ3n) is 6.14. The molecule has 1 aromatic rings. The molecule has 0 bridgehead atoms. The van der Waals surface area contributed by atoms with Crippen LogP contribution in [-0.2, 0) is 20.7 Å². The molecule has 0 spiro atoms. The third-order valence-corrected chi connectivity index (χ3v) is 6.14. The molecule has 0 heterocycles. The van der Waals surface area contributed by atoms with Crippen molar-refractivity contribution in [2.45, 2.75) is 90.9 Å². The van der Waals surface area contributed by atoms with E-state index in [4.69, 9.17) is 9.47 Å². The van der Waals surface area contributed by atoms with Crippen LogP contribution >= 0.6 is 24.0 Å². The zero-order valence-corrected chi connectivity index (χ0v) is 25.3. The average molecular weight is 619 g/mol. The number of esters is 1. The lowest BCUT2D eigenvalue weighted by molar-refractivity contribution is -0.148. The highest BCUT2D eigenvalue weighted by Gasteiger charge is 2.08. The smallest absolute Gasteiger partial charge is 0.407 e. The Kier molecular flexibility index (Phi) is 23.1. The summed E-state index contributed by atoms with van der Waals surface area (Å²) in [5.74, 6) is -0.452. The minimum atomic E-state index is -0.466. The van der Waals surface area contributed by atoms with E-state index in [9.17, 15) is 9.59 Å². The first kappa shape index (κ1) is 34.6. The second-order valence-electron chi connectivity index (χ2n) is 9.81. The van der Waals surface area contributed by atoms with Crippen molar-refractivity contribution in [2.24, 2.45) is 5.92 Å². The first-order valence-electron chi connectivity index (χ1n) is 13.8. The lowest BCUT2D eigenvalue weighted by Crippen LogP contribution is -2.34. The van der Waals surface area contributed by atoms with Crippen molar-refractivity contribution in [3.05, 3.63) is 35.9 Å². The Bertz CT molecular complexity index is 658. The van der Waals surface area contributed by atoms with Crippen molar-refractivity contribution in [1.82, 2.24) is 10.2 Å². The van der Waals surface area contributed by atoms with Gasteiger partial charge in [0.2, 0.25) is 0 Å². The molecule has 1 rings (SSSR count). The minimum Gasteiger partial charge on any atom is -0.462 e. The number of likely N-dealkylation sites (N-methyl/N-ethyl adjacent to an activating group) is 1. The number of hydrogen-bond acceptors (Lipinski definition) is 5. The molecule has 0 aliphatic carbocycles. The molecule has 1 N–H and O–H groups in total. The van der Waals surface area contributed by atoms with Gasteiger partial charge in [-0.15, -0.1) is 24.0 Å². The molecule has 0 atom stereocenters. The lowest BCUT2D eigenvalue weighted by atomic mass is 10.0. The van der Waals surface area contributed by atoms with E-state index in [1.165, 1.54) is 82.6 Å². The van der Waals surface area contributed by atoms with Gasteiger partial charge in [-0.2, -0.15) is 0 Å². The maximum Gasteiger partial charge on any atom is 0.407 e. The molecule has 1 amide bonds. The van der Waals surface area contributed by atoms with Gasteiger partial charge in [-0.05, 0) is 38.4 Å². The Balaban J connectivity index is 0.0000122. The van der Waals surface area contributed by atoms with Gasteiger partial charge in [-0.1, -0.05) is 102 Å². The molecule has 0 saturated heterocycles. The monoisotopic (exact) mass is 618 g/mol. The number of halogens is 1. The number of unbranched alkanes of at least 4 members (excludes halogenated alkanes) is 10. The molecule has 0 saturated carbocycles. The van der Waals surface area contributed by atoms with Crippen LogP contribution in [0, 0.1) is 5.92 Å². The van der Waals surface area contributed by atoms with E-state index in [1.807, 2.05) is 0 Å². The number of amides is 1. The van der Waals surface area contributed by atoms with Gasteiger partial charge in [0.15, 0.2) is 0 Å². The van der Waals surface area contributed by atoms with Gasteiger partial charge in [0, 0.05) is 13.1 Å². The van der Waals surface area contributed by atoms with Gasteiger partial charge in [0.05, 0.1) is 5.92 Å². The number of aryl methyl sites for hydroxylation is 1. The van der Waals surface area contributed by atoms with Crippen LogP contribution in [0.3, 0.4) is 0 Å². The summed E-state index contributed by atoms with van der Waals surface area (Å²) in [4.78, 5) is 25.2. The maximum atomic E-state index is 11.6. The van der Waals surface area contributed by atoms with Crippen molar-refractivity contribution >= 4 is 36.0 Å². The molecule has 0 aromatic heterocycles. The van der Waals surface area contributed by atoms with Crippen LogP contribution in [0.2, 0.25) is 0 Å². The van der Waals surface area contributed by atoms with Crippen LogP contribution in [-0.4, -0.2) is 56.9 Å². The molecule has 208 valence electrons. The van der Waals surface area contributed by atoms with E-state index in [1.54, 1.807) is 13.8 Å². The number of carbonyl (C=O) groups is 2. The van der Waals surface area contributed by atoms with Gasteiger partial charge < -0.3 is 19.7 Å². The van der Waals surface area contributed by atoms with Crippen LogP contribution < -0.4 is 5.32 Å². The summed E-state index contributed by atoms with van der Waals surface area (Å²) >= 11 is 0. The number of alkyl carbamates (subject to hydrolysis) is 1. The molecule has 36 heavy (non-hydrogen) atoms. The van der Waals surface area contributed by atoms with Crippen molar-refractivity contribution in [2.75, 3.05) is 39.9 Å². The SMILES string of the molecule is CC(C)C(=O)OCCOC(=O)NCCN(C)CCCCCCCCCCCCCc1ccccc1.I. The Morgan fingerprint density at radius 3 is 1.89 bits per heavy atom. The third kappa shape index (κ3) is 20.8. The normalized spacial score (nSPS) is 10.8. The van der Waals surface area contributed by atoms with Gasteiger partial charge in [-0.3, -0.25) is 4.79 Å². The summed E-state index contributed by atoms with van der Waals surface area (Å²) in [5, 5.41) is 2.73. The van der Waals surface area contributed by atoms with Crippen LogP contribution in [0.4, 0.5) is 4.79 Å². The number of benzene rings is 1. The van der Waals surface area contributed by atoms with E-state index in [-0.39, 0.29) is 49.1 Å². The Morgan fingerprint density at radius 2 is 1.31 bits per heavy atom. The van der Waals surface area contributed by atoms with E-state index < -0.39 is 6.09 Å². The second-order valence-corrected chi connectivity index (χ2v) is 9.81. The fourth-order valence-electron chi connectivity index (χ4n) is 3.90. The Morgan fingerprint density at radius 1 is 0.778 bits per heavy atom. The minimum absolute atomic E-state index is 0. The van der Waals surface area contributed by atoms with Gasteiger partial charge in [0.1, 0.15) is 13.2 Å². The highest BCUT2D eigenvalue weighted by Crippen LogP contribution is 2.13. The van der Waals surface area contributed by atoms with Crippen molar-refractivity contribution in [3.8, 4) is 0 Å². The van der Waals surface area contributed by atoms with Gasteiger partial charge in [-0.25, -0.2) is 4.79 Å². The van der Waals surface area contributed by atoms with Gasteiger partial charge in [0.25, 0.3) is 0 Å². The predicted molar refractivity (Wildman–Crippen MR) is 159 cm³/mol. The summed E-state index contributed by atoms with van der Waals surface area (Å²) in [6.07, 6.45) is 15.4. The highest BCUT2D eigenvalue weighted by atomic mass is 127. The zero-order chi connectivity index (χ0) is 25.6. The predicted octanol–water partition coefficient (Wildman–Crippen LogP) is 7.00. The number of hydrogen-bond donors (Lipinski definition) is 1. The molecule has 6 nitrogen and oxygen atoms in total. The van der Waals surface area contributed by atoms with Crippen molar-refractivity contribution < 1.29 is 19.1 Å². The zero-order valence-electron chi connectivity index (χ0n) is 23.0. The number of nitrogens with one attached hydrogen (secondary N) is 1. The topological polar surface area (TPSA) is 67.9 Å². The molecule has 0 aliphatic rings. The van der Waals surface area contributed by atoms with E-state index in [0.717, 1.165) is 13.1 Å². The second kappa shape index (κ2) is 24.0. The standard InChI is InChI=1S/C29H50N2O4.HI/c1-26(2)28(32)34-24-25-35-29(33)30-21-23-31(3)22-17-12-10-8-6-4-5-7-9-11-14-18-27-19-15-13-16-20-27;/h13,15-16,19-20,26H,4-12,14,17-18,21-25H2,1-3H3,(H,30,33);1H. The molecule has 7 heteroatoms. The Labute approximate surface area is 237 Å². The molecule has 0 aliphatic heterocycles. The lowest BCUT2D eigenvalue weighted by Gasteiger charge is -2.16. The number of nitrogens with zero attached hydrogens (tertiary/aromatic N) is 1. The van der Waals surface area contributed by atoms with Crippen LogP contribution in [0.5, 0.6) is 0 Å². The maximum absolute atomic E-state index is 11.6. The fourth-order valence-corrected chi connectivity index (χ4v) is 3.90. The average Bonchev–Trinajstić information content (AvgIpc) is 2.85. The quantitative estimate of drug-likeness (QED) is 0.0914. The first-order valence-corrected chi connectivity index (χ1v) is 13.8. The van der Waals surface area contributed by atoms with Crippen molar-refractivity contribution in [3.63, 3.8) is 0 Å². The molecule has 0 fully saturated rings. The number of rotatable bonds is 21. The molecular formula is C29H51IN2O4. The van der Waals surface area contributed by atoms with Crippen molar-refractivity contribution in [1.29, 1.82) is 0 Å². The van der Waals surface area contributed by atoms with Crippen LogP contribution in [0.1, 0.15) is 90.0 Å². The number of ether oxygens (including phenoxy) is 2. The fraction of sp³-hybridized carbons (Fsp3) is 0.724. The van der Waals surface area contributed by atoms with Crippen LogP contribution in [0.25, 0.3) is 0 Å². The van der Waals surface area contributed by atoms with Crippen LogP contribution in [0.15, 0.2) is 30.3 Å². The van der Waals surface area contributed by atoms with Gasteiger partial charge >= 0.3 is 12.1 Å². The largest absolute Gasteiger partial charge is 0.462 e. The molecular weight excluding hydrogens is 567 g/mol.